The van der Waals surface area contributed by atoms with Crippen LogP contribution in [-0.2, 0) is 10.2 Å². The highest BCUT2D eigenvalue weighted by atomic mass is 32.2. The fourth-order valence-corrected chi connectivity index (χ4v) is 4.68. The van der Waals surface area contributed by atoms with Crippen LogP contribution in [-0.4, -0.2) is 38.5 Å². The highest BCUT2D eigenvalue weighted by molar-refractivity contribution is 7.87. The van der Waals surface area contributed by atoms with Crippen LogP contribution >= 0.6 is 0 Å². The number of hydrogen-bond acceptors (Lipinski definition) is 4. The minimum Gasteiger partial charge on any atom is -0.491 e. The van der Waals surface area contributed by atoms with Gasteiger partial charge in [0, 0.05) is 24.7 Å². The molecule has 0 spiro atoms. The molecule has 0 amide bonds. The van der Waals surface area contributed by atoms with Crippen molar-refractivity contribution in [3.63, 3.8) is 0 Å². The van der Waals surface area contributed by atoms with E-state index in [1.165, 1.54) is 4.31 Å². The standard InChI is InChI=1S/C14H21N3O3S/c15-9-11-5-3-4-8-17(11)21(18,19)16-13-10-20-14-7-2-1-6-12(13)14/h1-2,6-7,11,13,16H,3-5,8-10,15H2. The molecule has 116 valence electrons. The summed E-state index contributed by atoms with van der Waals surface area (Å²) in [5, 5.41) is 0. The molecule has 3 rings (SSSR count). The van der Waals surface area contributed by atoms with Gasteiger partial charge in [0.15, 0.2) is 0 Å². The van der Waals surface area contributed by atoms with Crippen LogP contribution in [0.1, 0.15) is 30.9 Å². The Morgan fingerprint density at radius 3 is 2.95 bits per heavy atom. The Labute approximate surface area is 125 Å². The van der Waals surface area contributed by atoms with Crippen LogP contribution in [0.5, 0.6) is 5.75 Å². The lowest BCUT2D eigenvalue weighted by molar-refractivity contribution is 0.250. The number of para-hydroxylation sites is 1. The molecule has 1 aromatic carbocycles. The van der Waals surface area contributed by atoms with E-state index in [1.54, 1.807) is 0 Å². The van der Waals surface area contributed by atoms with Gasteiger partial charge in [0.1, 0.15) is 12.4 Å². The molecule has 0 aliphatic carbocycles. The van der Waals surface area contributed by atoms with Gasteiger partial charge in [-0.15, -0.1) is 0 Å². The Kier molecular flexibility index (Phi) is 4.17. The highest BCUT2D eigenvalue weighted by Gasteiger charge is 2.35. The molecule has 0 bridgehead atoms. The lowest BCUT2D eigenvalue weighted by Gasteiger charge is -2.34. The van der Waals surface area contributed by atoms with Crippen molar-refractivity contribution in [2.24, 2.45) is 5.73 Å². The third-order valence-corrected chi connectivity index (χ3v) is 5.83. The SMILES string of the molecule is NCC1CCCCN1S(=O)(=O)NC1COc2ccccc21. The van der Waals surface area contributed by atoms with Gasteiger partial charge < -0.3 is 10.5 Å². The van der Waals surface area contributed by atoms with Crippen molar-refractivity contribution in [3.8, 4) is 5.75 Å². The molecule has 0 radical (unpaired) electrons. The van der Waals surface area contributed by atoms with Crippen LogP contribution in [0, 0.1) is 0 Å². The molecule has 2 aliphatic rings. The van der Waals surface area contributed by atoms with Crippen molar-refractivity contribution in [2.75, 3.05) is 19.7 Å². The molecule has 0 saturated carbocycles. The summed E-state index contributed by atoms with van der Waals surface area (Å²) in [5.41, 5.74) is 6.61. The molecule has 3 N–H and O–H groups in total. The van der Waals surface area contributed by atoms with E-state index < -0.39 is 10.2 Å². The van der Waals surface area contributed by atoms with E-state index in [4.69, 9.17) is 10.5 Å². The predicted molar refractivity (Wildman–Crippen MR) is 80.1 cm³/mol. The van der Waals surface area contributed by atoms with Gasteiger partial charge in [-0.3, -0.25) is 0 Å². The van der Waals surface area contributed by atoms with Crippen molar-refractivity contribution in [3.05, 3.63) is 29.8 Å². The van der Waals surface area contributed by atoms with Gasteiger partial charge in [-0.1, -0.05) is 24.6 Å². The van der Waals surface area contributed by atoms with E-state index in [9.17, 15) is 8.42 Å². The number of fused-ring (bicyclic) bond motifs is 1. The summed E-state index contributed by atoms with van der Waals surface area (Å²) in [4.78, 5) is 0. The van der Waals surface area contributed by atoms with E-state index in [1.807, 2.05) is 24.3 Å². The second-order valence-electron chi connectivity index (χ2n) is 5.52. The molecule has 2 unspecified atom stereocenters. The van der Waals surface area contributed by atoms with Crippen LogP contribution in [0.4, 0.5) is 0 Å². The first-order valence-electron chi connectivity index (χ1n) is 7.32. The first-order valence-corrected chi connectivity index (χ1v) is 8.77. The smallest absolute Gasteiger partial charge is 0.280 e. The van der Waals surface area contributed by atoms with E-state index >= 15 is 0 Å². The minimum absolute atomic E-state index is 0.103. The fourth-order valence-electron chi connectivity index (χ4n) is 3.03. The number of nitrogens with zero attached hydrogens (tertiary/aromatic N) is 1. The van der Waals surface area contributed by atoms with E-state index in [0.717, 1.165) is 30.6 Å². The maximum atomic E-state index is 12.6. The Bertz CT molecular complexity index is 605. The Morgan fingerprint density at radius 1 is 1.33 bits per heavy atom. The summed E-state index contributed by atoms with van der Waals surface area (Å²) >= 11 is 0. The van der Waals surface area contributed by atoms with Gasteiger partial charge in [-0.25, -0.2) is 0 Å². The number of piperidine rings is 1. The number of rotatable bonds is 4. The number of hydrogen-bond donors (Lipinski definition) is 2. The first-order chi connectivity index (χ1) is 10.1. The van der Waals surface area contributed by atoms with E-state index in [2.05, 4.69) is 4.72 Å². The summed E-state index contributed by atoms with van der Waals surface area (Å²) < 4.78 is 35.1. The van der Waals surface area contributed by atoms with Crippen LogP contribution in [0.25, 0.3) is 0 Å². The van der Waals surface area contributed by atoms with Gasteiger partial charge in [-0.2, -0.15) is 17.4 Å². The highest BCUT2D eigenvalue weighted by Crippen LogP contribution is 2.32. The zero-order valence-electron chi connectivity index (χ0n) is 11.9. The molecule has 0 aromatic heterocycles. The Hall–Kier alpha value is -1.15. The molecule has 2 atom stereocenters. The number of ether oxygens (including phenoxy) is 1. The summed E-state index contributed by atoms with van der Waals surface area (Å²) in [5.74, 6) is 0.749. The maximum absolute atomic E-state index is 12.6. The molecule has 2 aliphatic heterocycles. The normalized spacial score (nSPS) is 26.3. The maximum Gasteiger partial charge on any atom is 0.280 e. The van der Waals surface area contributed by atoms with Crippen molar-refractivity contribution in [1.82, 2.24) is 9.03 Å². The summed E-state index contributed by atoms with van der Waals surface area (Å²) in [6.07, 6.45) is 2.74. The topological polar surface area (TPSA) is 84.7 Å². The number of benzene rings is 1. The van der Waals surface area contributed by atoms with Crippen LogP contribution in [0.2, 0.25) is 0 Å². The lowest BCUT2D eigenvalue weighted by atomic mass is 10.1. The molecule has 2 heterocycles. The monoisotopic (exact) mass is 311 g/mol. The second-order valence-corrected chi connectivity index (χ2v) is 7.18. The summed E-state index contributed by atoms with van der Waals surface area (Å²) in [7, 11) is -3.55. The molecule has 21 heavy (non-hydrogen) atoms. The Morgan fingerprint density at radius 2 is 2.14 bits per heavy atom. The summed E-state index contributed by atoms with van der Waals surface area (Å²) in [6.45, 7) is 1.23. The van der Waals surface area contributed by atoms with Gasteiger partial charge >= 0.3 is 0 Å². The van der Waals surface area contributed by atoms with Crippen LogP contribution in [0.3, 0.4) is 0 Å². The molecular formula is C14H21N3O3S. The molecular weight excluding hydrogens is 290 g/mol. The third-order valence-electron chi connectivity index (χ3n) is 4.15. The first kappa shape index (κ1) is 14.8. The minimum atomic E-state index is -3.55. The molecule has 7 heteroatoms. The molecule has 1 saturated heterocycles. The molecule has 1 fully saturated rings. The summed E-state index contributed by atoms with van der Waals surface area (Å²) in [6, 6.07) is 7.09. The lowest BCUT2D eigenvalue weighted by Crippen LogP contribution is -2.52. The van der Waals surface area contributed by atoms with Crippen LogP contribution in [0.15, 0.2) is 24.3 Å². The van der Waals surface area contributed by atoms with Gasteiger partial charge in [0.25, 0.3) is 10.2 Å². The molecule has 6 nitrogen and oxygen atoms in total. The van der Waals surface area contributed by atoms with Crippen molar-refractivity contribution < 1.29 is 13.2 Å². The van der Waals surface area contributed by atoms with Crippen molar-refractivity contribution in [1.29, 1.82) is 0 Å². The number of nitrogens with one attached hydrogen (secondary N) is 1. The van der Waals surface area contributed by atoms with Gasteiger partial charge in [-0.05, 0) is 18.9 Å². The van der Waals surface area contributed by atoms with Gasteiger partial charge in [0.05, 0.1) is 6.04 Å². The second kappa shape index (κ2) is 5.92. The van der Waals surface area contributed by atoms with E-state index in [-0.39, 0.29) is 12.1 Å². The zero-order chi connectivity index (χ0) is 14.9. The zero-order valence-corrected chi connectivity index (χ0v) is 12.7. The molecule has 1 aromatic rings. The number of nitrogens with two attached hydrogens (primary N) is 1. The average molecular weight is 311 g/mol. The third kappa shape index (κ3) is 2.91. The van der Waals surface area contributed by atoms with Crippen LogP contribution < -0.4 is 15.2 Å². The largest absolute Gasteiger partial charge is 0.491 e. The average Bonchev–Trinajstić information content (AvgIpc) is 2.90. The quantitative estimate of drug-likeness (QED) is 0.860. The predicted octanol–water partition coefficient (Wildman–Crippen LogP) is 0.768. The fraction of sp³-hybridized carbons (Fsp3) is 0.571. The Balaban J connectivity index is 1.78. The van der Waals surface area contributed by atoms with Crippen molar-refractivity contribution >= 4 is 10.2 Å². The van der Waals surface area contributed by atoms with Gasteiger partial charge in [0.2, 0.25) is 0 Å². The van der Waals surface area contributed by atoms with Crippen molar-refractivity contribution in [2.45, 2.75) is 31.3 Å². The van der Waals surface area contributed by atoms with E-state index in [0.29, 0.717) is 19.7 Å².